The van der Waals surface area contributed by atoms with Crippen molar-refractivity contribution in [3.63, 3.8) is 0 Å². The molecule has 1 N–H and O–H groups in total. The first-order valence-corrected chi connectivity index (χ1v) is 6.57. The summed E-state index contributed by atoms with van der Waals surface area (Å²) in [6, 6.07) is 0. The van der Waals surface area contributed by atoms with Gasteiger partial charge in [0.25, 0.3) is 0 Å². The standard InChI is InChI=1S/C13H19NO3/c15-13(16-11-2-1-5-14-8-11)17-12-7-9-3-4-10(12)6-9/h3-4,9-12,14H,1-2,5-8H2. The van der Waals surface area contributed by atoms with Crippen LogP contribution in [0.1, 0.15) is 25.7 Å². The molecule has 0 amide bonds. The Kier molecular flexibility index (Phi) is 3.05. The number of ether oxygens (including phenoxy) is 2. The molecule has 3 aliphatic rings. The first kappa shape index (κ1) is 11.1. The normalized spacial score (nSPS) is 39.3. The van der Waals surface area contributed by atoms with Crippen LogP contribution in [-0.4, -0.2) is 31.5 Å². The van der Waals surface area contributed by atoms with Gasteiger partial charge in [0, 0.05) is 12.5 Å². The smallest absolute Gasteiger partial charge is 0.430 e. The Balaban J connectivity index is 1.45. The lowest BCUT2D eigenvalue weighted by Gasteiger charge is -2.24. The molecule has 4 unspecified atom stereocenters. The zero-order chi connectivity index (χ0) is 11.7. The first-order valence-electron chi connectivity index (χ1n) is 6.57. The van der Waals surface area contributed by atoms with Gasteiger partial charge in [0.15, 0.2) is 0 Å². The Morgan fingerprint density at radius 2 is 2.18 bits per heavy atom. The SMILES string of the molecule is O=C(OC1CCCNC1)OC1CC2C=CC1C2. The first-order chi connectivity index (χ1) is 8.31. The second kappa shape index (κ2) is 4.69. The van der Waals surface area contributed by atoms with E-state index in [1.165, 1.54) is 0 Å². The van der Waals surface area contributed by atoms with E-state index in [0.29, 0.717) is 11.8 Å². The number of carbonyl (C=O) groups is 1. The molecule has 0 aromatic carbocycles. The number of hydrogen-bond donors (Lipinski definition) is 1. The highest BCUT2D eigenvalue weighted by atomic mass is 16.7. The third kappa shape index (κ3) is 2.46. The number of allylic oxidation sites excluding steroid dienone is 1. The van der Waals surface area contributed by atoms with Crippen molar-refractivity contribution in [3.05, 3.63) is 12.2 Å². The van der Waals surface area contributed by atoms with Crippen molar-refractivity contribution in [2.75, 3.05) is 13.1 Å². The van der Waals surface area contributed by atoms with Crippen LogP contribution in [-0.2, 0) is 9.47 Å². The summed E-state index contributed by atoms with van der Waals surface area (Å²) in [5.41, 5.74) is 0. The Hall–Kier alpha value is -1.03. The number of rotatable bonds is 2. The van der Waals surface area contributed by atoms with Crippen molar-refractivity contribution in [2.24, 2.45) is 11.8 Å². The minimum Gasteiger partial charge on any atom is -0.430 e. The van der Waals surface area contributed by atoms with Gasteiger partial charge in [0.1, 0.15) is 12.2 Å². The molecule has 94 valence electrons. The van der Waals surface area contributed by atoms with Crippen LogP contribution in [0.15, 0.2) is 12.2 Å². The van der Waals surface area contributed by atoms with E-state index < -0.39 is 6.16 Å². The maximum atomic E-state index is 11.6. The molecule has 4 nitrogen and oxygen atoms in total. The van der Waals surface area contributed by atoms with Crippen LogP contribution in [0.4, 0.5) is 4.79 Å². The van der Waals surface area contributed by atoms with E-state index in [1.807, 2.05) is 0 Å². The summed E-state index contributed by atoms with van der Waals surface area (Å²) in [7, 11) is 0. The molecule has 1 aliphatic heterocycles. The monoisotopic (exact) mass is 237 g/mol. The fraction of sp³-hybridized carbons (Fsp3) is 0.769. The molecule has 2 bridgehead atoms. The van der Waals surface area contributed by atoms with E-state index in [1.54, 1.807) is 0 Å². The minimum atomic E-state index is -0.482. The molecule has 4 atom stereocenters. The van der Waals surface area contributed by atoms with Crippen LogP contribution in [0.3, 0.4) is 0 Å². The van der Waals surface area contributed by atoms with Crippen LogP contribution < -0.4 is 5.32 Å². The summed E-state index contributed by atoms with van der Waals surface area (Å²) in [5, 5.41) is 3.22. The van der Waals surface area contributed by atoms with Crippen molar-refractivity contribution in [3.8, 4) is 0 Å². The lowest BCUT2D eigenvalue weighted by molar-refractivity contribution is -0.0131. The molecule has 2 fully saturated rings. The van der Waals surface area contributed by atoms with Gasteiger partial charge in [0.2, 0.25) is 0 Å². The van der Waals surface area contributed by atoms with Gasteiger partial charge in [-0.15, -0.1) is 0 Å². The molecular formula is C13H19NO3. The molecule has 4 heteroatoms. The summed E-state index contributed by atoms with van der Waals surface area (Å²) in [6.45, 7) is 1.78. The van der Waals surface area contributed by atoms with E-state index in [-0.39, 0.29) is 12.2 Å². The van der Waals surface area contributed by atoms with Crippen LogP contribution in [0, 0.1) is 11.8 Å². The van der Waals surface area contributed by atoms with Crippen molar-refractivity contribution < 1.29 is 14.3 Å². The Labute approximate surface area is 101 Å². The highest BCUT2D eigenvalue weighted by molar-refractivity contribution is 5.60. The van der Waals surface area contributed by atoms with E-state index in [9.17, 15) is 4.79 Å². The molecule has 17 heavy (non-hydrogen) atoms. The number of carbonyl (C=O) groups excluding carboxylic acids is 1. The fourth-order valence-electron chi connectivity index (χ4n) is 3.07. The average molecular weight is 237 g/mol. The van der Waals surface area contributed by atoms with Crippen LogP contribution >= 0.6 is 0 Å². The number of fused-ring (bicyclic) bond motifs is 2. The van der Waals surface area contributed by atoms with E-state index in [2.05, 4.69) is 17.5 Å². The lowest BCUT2D eigenvalue weighted by Crippen LogP contribution is -2.37. The van der Waals surface area contributed by atoms with Gasteiger partial charge in [-0.05, 0) is 38.1 Å². The zero-order valence-electron chi connectivity index (χ0n) is 9.93. The maximum absolute atomic E-state index is 11.6. The van der Waals surface area contributed by atoms with Crippen molar-refractivity contribution in [1.29, 1.82) is 0 Å². The molecule has 1 saturated heterocycles. The molecule has 1 heterocycles. The molecular weight excluding hydrogens is 218 g/mol. The Morgan fingerprint density at radius 1 is 1.24 bits per heavy atom. The largest absolute Gasteiger partial charge is 0.508 e. The van der Waals surface area contributed by atoms with Gasteiger partial charge in [-0.3, -0.25) is 0 Å². The Bertz CT molecular complexity index is 323. The second-order valence-corrected chi connectivity index (χ2v) is 5.27. The third-order valence-corrected chi connectivity index (χ3v) is 3.98. The van der Waals surface area contributed by atoms with Gasteiger partial charge in [-0.2, -0.15) is 0 Å². The Morgan fingerprint density at radius 3 is 2.82 bits per heavy atom. The van der Waals surface area contributed by atoms with Crippen LogP contribution in [0.25, 0.3) is 0 Å². The van der Waals surface area contributed by atoms with E-state index >= 15 is 0 Å². The lowest BCUT2D eigenvalue weighted by atomic mass is 10.1. The zero-order valence-corrected chi connectivity index (χ0v) is 9.93. The molecule has 1 saturated carbocycles. The van der Waals surface area contributed by atoms with E-state index in [0.717, 1.165) is 38.8 Å². The summed E-state index contributed by atoms with van der Waals surface area (Å²) in [5.74, 6) is 1.05. The molecule has 0 aromatic heterocycles. The van der Waals surface area contributed by atoms with Crippen LogP contribution in [0.2, 0.25) is 0 Å². The van der Waals surface area contributed by atoms with Gasteiger partial charge in [-0.1, -0.05) is 12.2 Å². The van der Waals surface area contributed by atoms with E-state index in [4.69, 9.17) is 9.47 Å². The fourth-order valence-corrected chi connectivity index (χ4v) is 3.07. The molecule has 0 aromatic rings. The van der Waals surface area contributed by atoms with Crippen LogP contribution in [0.5, 0.6) is 0 Å². The molecule has 2 aliphatic carbocycles. The summed E-state index contributed by atoms with van der Waals surface area (Å²) >= 11 is 0. The minimum absolute atomic E-state index is 0.00890. The number of nitrogens with one attached hydrogen (secondary N) is 1. The number of hydrogen-bond acceptors (Lipinski definition) is 4. The summed E-state index contributed by atoms with van der Waals surface area (Å²) in [6.07, 6.45) is 8.09. The predicted molar refractivity (Wildman–Crippen MR) is 62.6 cm³/mol. The highest BCUT2D eigenvalue weighted by Crippen LogP contribution is 2.40. The van der Waals surface area contributed by atoms with Crippen molar-refractivity contribution >= 4 is 6.16 Å². The van der Waals surface area contributed by atoms with Gasteiger partial charge < -0.3 is 14.8 Å². The molecule has 0 spiro atoms. The maximum Gasteiger partial charge on any atom is 0.508 e. The summed E-state index contributed by atoms with van der Waals surface area (Å²) < 4.78 is 10.7. The van der Waals surface area contributed by atoms with Gasteiger partial charge in [0.05, 0.1) is 0 Å². The summed E-state index contributed by atoms with van der Waals surface area (Å²) in [4.78, 5) is 11.6. The third-order valence-electron chi connectivity index (χ3n) is 3.98. The molecule has 0 radical (unpaired) electrons. The van der Waals surface area contributed by atoms with Crippen molar-refractivity contribution in [1.82, 2.24) is 5.32 Å². The quantitative estimate of drug-likeness (QED) is 0.588. The highest BCUT2D eigenvalue weighted by Gasteiger charge is 2.38. The van der Waals surface area contributed by atoms with Crippen molar-refractivity contribution in [2.45, 2.75) is 37.9 Å². The predicted octanol–water partition coefficient (Wildman–Crippen LogP) is 1.86. The number of piperidine rings is 1. The average Bonchev–Trinajstić information content (AvgIpc) is 2.92. The van der Waals surface area contributed by atoms with Gasteiger partial charge in [-0.25, -0.2) is 4.79 Å². The topological polar surface area (TPSA) is 47.6 Å². The van der Waals surface area contributed by atoms with Gasteiger partial charge >= 0.3 is 6.16 Å². The molecule has 3 rings (SSSR count). The second-order valence-electron chi connectivity index (χ2n) is 5.27.